The van der Waals surface area contributed by atoms with Crippen molar-refractivity contribution in [1.82, 2.24) is 0 Å². The molecule has 0 spiro atoms. The summed E-state index contributed by atoms with van der Waals surface area (Å²) in [6, 6.07) is 3.12. The van der Waals surface area contributed by atoms with E-state index >= 15 is 0 Å². The third-order valence-corrected chi connectivity index (χ3v) is 1.25. The van der Waals surface area contributed by atoms with Gasteiger partial charge >= 0.3 is 0 Å². The van der Waals surface area contributed by atoms with Crippen molar-refractivity contribution in [2.45, 2.75) is 4.90 Å². The van der Waals surface area contributed by atoms with E-state index in [0.29, 0.717) is 0 Å². The van der Waals surface area contributed by atoms with Crippen molar-refractivity contribution in [3.63, 3.8) is 0 Å². The zero-order chi connectivity index (χ0) is 6.85. The Bertz CT molecular complexity index is 227. The summed E-state index contributed by atoms with van der Waals surface area (Å²) in [5.41, 5.74) is 0. The summed E-state index contributed by atoms with van der Waals surface area (Å²) in [4.78, 5) is 0.0370. The van der Waals surface area contributed by atoms with Crippen LogP contribution in [0.2, 0.25) is 0 Å². The third-order valence-electron chi connectivity index (χ3n) is 0.908. The van der Waals surface area contributed by atoms with E-state index in [4.69, 9.17) is 0 Å². The molecule has 1 radical (unpaired) electrons. The van der Waals surface area contributed by atoms with E-state index < -0.39 is 11.6 Å². The molecule has 0 bridgehead atoms. The van der Waals surface area contributed by atoms with Crippen molar-refractivity contribution in [2.24, 2.45) is 0 Å². The zero-order valence-electron chi connectivity index (χ0n) is 5.44. The molecular formula is C6H4F2NaS. The molecule has 49 valence electrons. The fourth-order valence-corrected chi connectivity index (χ4v) is 0.684. The molecule has 1 rings (SSSR count). The first-order valence-electron chi connectivity index (χ1n) is 2.34. The maximum Gasteiger partial charge on any atom is 0.136 e. The monoisotopic (exact) mass is 169 g/mol. The number of benzene rings is 1. The summed E-state index contributed by atoms with van der Waals surface area (Å²) in [5.74, 6) is -0.971. The smallest absolute Gasteiger partial charge is 0.136 e. The van der Waals surface area contributed by atoms with Crippen LogP contribution < -0.4 is 0 Å². The number of hydrogen-bond acceptors (Lipinski definition) is 1. The molecule has 1 aromatic rings. The van der Waals surface area contributed by atoms with E-state index in [1.54, 1.807) is 0 Å². The fraction of sp³-hybridized carbons (Fsp3) is 0. The molecule has 0 saturated carbocycles. The van der Waals surface area contributed by atoms with Gasteiger partial charge in [0.05, 0.1) is 0 Å². The van der Waals surface area contributed by atoms with Gasteiger partial charge in [0, 0.05) is 34.5 Å². The van der Waals surface area contributed by atoms with Crippen LogP contribution in [0.5, 0.6) is 0 Å². The van der Waals surface area contributed by atoms with E-state index in [1.165, 1.54) is 0 Å². The summed E-state index contributed by atoms with van der Waals surface area (Å²) in [7, 11) is 0. The van der Waals surface area contributed by atoms with Crippen LogP contribution in [0, 0.1) is 11.6 Å². The number of halogens is 2. The summed E-state index contributed by atoms with van der Waals surface area (Å²) in [5, 5.41) is 0. The van der Waals surface area contributed by atoms with Crippen LogP contribution in [0.3, 0.4) is 0 Å². The van der Waals surface area contributed by atoms with Crippen LogP contribution in [0.25, 0.3) is 0 Å². The normalized spacial score (nSPS) is 8.70. The largest absolute Gasteiger partial charge is 0.207 e. The minimum atomic E-state index is -0.500. The molecule has 0 aromatic heterocycles. The summed E-state index contributed by atoms with van der Waals surface area (Å²) in [6.07, 6.45) is 0. The Morgan fingerprint density at radius 3 is 2.20 bits per heavy atom. The number of hydrogen-bond donors (Lipinski definition) is 1. The predicted octanol–water partition coefficient (Wildman–Crippen LogP) is 1.87. The molecule has 10 heavy (non-hydrogen) atoms. The van der Waals surface area contributed by atoms with Crippen LogP contribution >= 0.6 is 12.6 Å². The van der Waals surface area contributed by atoms with Crippen LogP contribution in [-0.4, -0.2) is 29.6 Å². The Labute approximate surface area is 85.3 Å². The molecule has 0 nitrogen and oxygen atoms in total. The van der Waals surface area contributed by atoms with Crippen LogP contribution in [0.1, 0.15) is 0 Å². The summed E-state index contributed by atoms with van der Waals surface area (Å²) >= 11 is 3.65. The minimum absolute atomic E-state index is 0. The molecule has 1 aromatic carbocycles. The molecule has 4 heteroatoms. The second kappa shape index (κ2) is 4.34. The van der Waals surface area contributed by atoms with Gasteiger partial charge in [-0.15, -0.1) is 12.6 Å². The van der Waals surface area contributed by atoms with Gasteiger partial charge in [-0.3, -0.25) is 0 Å². The quantitative estimate of drug-likeness (QED) is 0.445. The van der Waals surface area contributed by atoms with E-state index in [0.717, 1.165) is 18.2 Å². The van der Waals surface area contributed by atoms with E-state index in [9.17, 15) is 8.78 Å². The molecular weight excluding hydrogens is 165 g/mol. The number of rotatable bonds is 0. The second-order valence-electron chi connectivity index (χ2n) is 1.60. The zero-order valence-corrected chi connectivity index (χ0v) is 8.33. The van der Waals surface area contributed by atoms with Gasteiger partial charge in [-0.25, -0.2) is 8.78 Å². The Balaban J connectivity index is 0.000000810. The number of thiol groups is 1. The minimum Gasteiger partial charge on any atom is -0.207 e. The van der Waals surface area contributed by atoms with Gasteiger partial charge in [-0.2, -0.15) is 0 Å². The Hall–Kier alpha value is 0.430. The molecule has 0 heterocycles. The van der Waals surface area contributed by atoms with Gasteiger partial charge in [0.2, 0.25) is 0 Å². The van der Waals surface area contributed by atoms with Gasteiger partial charge < -0.3 is 0 Å². The van der Waals surface area contributed by atoms with Crippen molar-refractivity contribution in [1.29, 1.82) is 0 Å². The van der Waals surface area contributed by atoms with Gasteiger partial charge in [0.25, 0.3) is 0 Å². The van der Waals surface area contributed by atoms with Crippen molar-refractivity contribution in [3.05, 3.63) is 29.8 Å². The predicted molar refractivity (Wildman–Crippen MR) is 39.4 cm³/mol. The Morgan fingerprint density at radius 2 is 1.80 bits per heavy atom. The molecule has 0 saturated heterocycles. The molecule has 0 fully saturated rings. The van der Waals surface area contributed by atoms with Crippen molar-refractivity contribution in [3.8, 4) is 0 Å². The van der Waals surface area contributed by atoms with Crippen molar-refractivity contribution < 1.29 is 8.78 Å². The molecule has 0 unspecified atom stereocenters. The van der Waals surface area contributed by atoms with Crippen LogP contribution in [0.4, 0.5) is 8.78 Å². The first-order valence-corrected chi connectivity index (χ1v) is 2.79. The van der Waals surface area contributed by atoms with E-state index in [-0.39, 0.29) is 34.5 Å². The maximum atomic E-state index is 12.3. The standard InChI is InChI=1S/C6H4F2S.Na/c7-4-1-2-5(8)6(9)3-4;/h1-3,9H;. The second-order valence-corrected chi connectivity index (χ2v) is 2.08. The molecule has 0 aliphatic heterocycles. The third kappa shape index (κ3) is 2.58. The topological polar surface area (TPSA) is 0 Å². The molecule has 0 amide bonds. The molecule has 0 atom stereocenters. The van der Waals surface area contributed by atoms with Crippen LogP contribution in [-0.2, 0) is 0 Å². The van der Waals surface area contributed by atoms with Gasteiger partial charge in [0.15, 0.2) is 0 Å². The SMILES string of the molecule is Fc1ccc(F)c(S)c1.[Na]. The van der Waals surface area contributed by atoms with Crippen molar-refractivity contribution >= 4 is 42.2 Å². The Morgan fingerprint density at radius 1 is 1.20 bits per heavy atom. The van der Waals surface area contributed by atoms with Crippen LogP contribution in [0.15, 0.2) is 23.1 Å². The average molecular weight is 169 g/mol. The molecule has 0 N–H and O–H groups in total. The van der Waals surface area contributed by atoms with Gasteiger partial charge in [0.1, 0.15) is 11.6 Å². The van der Waals surface area contributed by atoms with Gasteiger partial charge in [-0.1, -0.05) is 0 Å². The van der Waals surface area contributed by atoms with Crippen molar-refractivity contribution in [2.75, 3.05) is 0 Å². The first kappa shape index (κ1) is 10.4. The molecule has 0 aliphatic rings. The fourth-order valence-electron chi connectivity index (χ4n) is 0.486. The van der Waals surface area contributed by atoms with E-state index in [2.05, 4.69) is 12.6 Å². The average Bonchev–Trinajstić information content (AvgIpc) is 1.80. The summed E-state index contributed by atoms with van der Waals surface area (Å²) in [6.45, 7) is 0. The molecule has 0 aliphatic carbocycles. The Kier molecular flexibility index (Phi) is 4.52. The maximum absolute atomic E-state index is 12.3. The first-order chi connectivity index (χ1) is 4.20. The van der Waals surface area contributed by atoms with Gasteiger partial charge in [-0.05, 0) is 18.2 Å². The van der Waals surface area contributed by atoms with E-state index in [1.807, 2.05) is 0 Å². The summed E-state index contributed by atoms with van der Waals surface area (Å²) < 4.78 is 24.4.